The van der Waals surface area contributed by atoms with Crippen LogP contribution < -0.4 is 8.37 Å². The molecule has 0 heterocycles. The van der Waals surface area contributed by atoms with Crippen LogP contribution in [0.4, 0.5) is 26.3 Å². The predicted molar refractivity (Wildman–Crippen MR) is 70.1 cm³/mol. The number of Topliss-reactive ketones (excluding diaryl/α,β-unsaturated/α-hetero) is 1. The molecular formula is C11H6F6O7S2. The molecule has 0 N–H and O–H groups in total. The summed E-state index contributed by atoms with van der Waals surface area (Å²) in [6, 6.07) is 0.921. The molecule has 0 unspecified atom stereocenters. The van der Waals surface area contributed by atoms with Crippen LogP contribution in [0.2, 0.25) is 0 Å². The van der Waals surface area contributed by atoms with Gasteiger partial charge >= 0.3 is 31.3 Å². The number of carbonyl (C=O) groups is 1. The molecule has 0 fully saturated rings. The largest absolute Gasteiger partial charge is 0.534 e. The summed E-state index contributed by atoms with van der Waals surface area (Å²) in [5, 5.41) is 0. The molecule has 0 amide bonds. The summed E-state index contributed by atoms with van der Waals surface area (Å²) in [6.45, 7) is 0. The zero-order valence-corrected chi connectivity index (χ0v) is 13.6. The number of benzene rings is 1. The molecule has 1 aromatic rings. The van der Waals surface area contributed by atoms with Crippen LogP contribution >= 0.6 is 0 Å². The lowest BCUT2D eigenvalue weighted by Crippen LogP contribution is -2.29. The summed E-state index contributed by atoms with van der Waals surface area (Å²) in [6.07, 6.45) is -1.36. The fourth-order valence-corrected chi connectivity index (χ4v) is 2.96. The number of halogens is 6. The van der Waals surface area contributed by atoms with Gasteiger partial charge in [0, 0.05) is 24.0 Å². The average molecular weight is 428 g/mol. The molecule has 0 radical (unpaired) electrons. The smallest absolute Gasteiger partial charge is 0.376 e. The van der Waals surface area contributed by atoms with Gasteiger partial charge in [-0.1, -0.05) is 0 Å². The van der Waals surface area contributed by atoms with Crippen molar-refractivity contribution >= 4 is 26.0 Å². The van der Waals surface area contributed by atoms with Crippen LogP contribution in [0.25, 0.3) is 0 Å². The van der Waals surface area contributed by atoms with Crippen molar-refractivity contribution in [1.29, 1.82) is 0 Å². The minimum absolute atomic E-state index is 0.460. The van der Waals surface area contributed by atoms with Crippen molar-refractivity contribution in [3.05, 3.63) is 23.3 Å². The van der Waals surface area contributed by atoms with E-state index in [1.54, 1.807) is 0 Å². The van der Waals surface area contributed by atoms with Gasteiger partial charge in [-0.3, -0.25) is 4.79 Å². The molecule has 1 aliphatic rings. The molecule has 146 valence electrons. The highest BCUT2D eigenvalue weighted by atomic mass is 32.2. The molecule has 0 spiro atoms. The monoisotopic (exact) mass is 428 g/mol. The first kappa shape index (κ1) is 20.3. The molecule has 15 heteroatoms. The number of alkyl halides is 6. The number of rotatable bonds is 4. The molecular weight excluding hydrogens is 422 g/mol. The van der Waals surface area contributed by atoms with E-state index in [2.05, 4.69) is 8.37 Å². The number of hydrogen-bond acceptors (Lipinski definition) is 7. The third kappa shape index (κ3) is 3.72. The normalized spacial score (nSPS) is 15.7. The summed E-state index contributed by atoms with van der Waals surface area (Å²) < 4.78 is 126. The Hall–Kier alpha value is -2.03. The summed E-state index contributed by atoms with van der Waals surface area (Å²) in [4.78, 5) is 11.5. The Kier molecular flexibility index (Phi) is 4.68. The van der Waals surface area contributed by atoms with Crippen LogP contribution in [-0.4, -0.2) is 33.6 Å². The van der Waals surface area contributed by atoms with Gasteiger partial charge in [-0.2, -0.15) is 43.2 Å². The Labute approximate surface area is 141 Å². The second-order valence-electron chi connectivity index (χ2n) is 4.88. The number of ketones is 1. The molecule has 0 bridgehead atoms. The molecule has 0 saturated heterocycles. The molecule has 0 saturated carbocycles. The van der Waals surface area contributed by atoms with E-state index >= 15 is 0 Å². The van der Waals surface area contributed by atoms with Gasteiger partial charge in [0.2, 0.25) is 0 Å². The summed E-state index contributed by atoms with van der Waals surface area (Å²) in [5.41, 5.74) is -12.6. The first-order chi connectivity index (χ1) is 11.6. The van der Waals surface area contributed by atoms with E-state index < -0.39 is 72.5 Å². The van der Waals surface area contributed by atoms with Crippen molar-refractivity contribution in [2.45, 2.75) is 23.9 Å². The topological polar surface area (TPSA) is 104 Å². The predicted octanol–water partition coefficient (Wildman–Crippen LogP) is 1.81. The Morgan fingerprint density at radius 2 is 1.04 bits per heavy atom. The Morgan fingerprint density at radius 1 is 0.731 bits per heavy atom. The molecule has 1 aliphatic carbocycles. The lowest BCUT2D eigenvalue weighted by atomic mass is 10.1. The van der Waals surface area contributed by atoms with Gasteiger partial charge in [-0.05, 0) is 12.1 Å². The Balaban J connectivity index is 2.50. The second-order valence-corrected chi connectivity index (χ2v) is 7.95. The quantitative estimate of drug-likeness (QED) is 0.409. The number of carbonyl (C=O) groups excluding carboxylic acids is 1. The van der Waals surface area contributed by atoms with Crippen molar-refractivity contribution < 1.29 is 56.3 Å². The highest BCUT2D eigenvalue weighted by Gasteiger charge is 2.50. The van der Waals surface area contributed by atoms with Gasteiger partial charge in [0.15, 0.2) is 0 Å². The van der Waals surface area contributed by atoms with Crippen molar-refractivity contribution in [3.63, 3.8) is 0 Å². The Morgan fingerprint density at radius 3 is 1.31 bits per heavy atom. The van der Waals surface area contributed by atoms with Crippen LogP contribution in [0.5, 0.6) is 11.5 Å². The molecule has 1 aromatic carbocycles. The Bertz CT molecular complexity index is 883. The minimum Gasteiger partial charge on any atom is -0.376 e. The van der Waals surface area contributed by atoms with Crippen molar-refractivity contribution in [2.24, 2.45) is 0 Å². The first-order valence-electron chi connectivity index (χ1n) is 6.23. The highest BCUT2D eigenvalue weighted by Crippen LogP contribution is 2.40. The summed E-state index contributed by atoms with van der Waals surface area (Å²) in [7, 11) is -12.2. The fourth-order valence-electron chi connectivity index (χ4n) is 1.98. The van der Waals surface area contributed by atoms with Gasteiger partial charge in [-0.15, -0.1) is 0 Å². The third-order valence-corrected chi connectivity index (χ3v) is 4.99. The lowest BCUT2D eigenvalue weighted by Gasteiger charge is -2.15. The van der Waals surface area contributed by atoms with Crippen molar-refractivity contribution in [3.8, 4) is 11.5 Å². The van der Waals surface area contributed by atoms with E-state index in [0.29, 0.717) is 12.1 Å². The highest BCUT2D eigenvalue weighted by molar-refractivity contribution is 7.88. The van der Waals surface area contributed by atoms with E-state index in [1.165, 1.54) is 0 Å². The minimum atomic E-state index is -6.11. The van der Waals surface area contributed by atoms with Gasteiger partial charge in [0.05, 0.1) is 0 Å². The molecule has 0 aromatic heterocycles. The number of fused-ring (bicyclic) bond motifs is 1. The lowest BCUT2D eigenvalue weighted by molar-refractivity contribution is -0.117. The van der Waals surface area contributed by atoms with Crippen LogP contribution in [-0.2, 0) is 37.9 Å². The molecule has 2 rings (SSSR count). The van der Waals surface area contributed by atoms with Crippen molar-refractivity contribution in [2.75, 3.05) is 0 Å². The summed E-state index contributed by atoms with van der Waals surface area (Å²) >= 11 is 0. The maximum absolute atomic E-state index is 12.4. The van der Waals surface area contributed by atoms with E-state index in [9.17, 15) is 48.0 Å². The number of hydrogen-bond donors (Lipinski definition) is 0. The fraction of sp³-hybridized carbons (Fsp3) is 0.364. The third-order valence-electron chi connectivity index (χ3n) is 3.06. The van der Waals surface area contributed by atoms with Gasteiger partial charge < -0.3 is 8.37 Å². The maximum atomic E-state index is 12.4. The molecule has 0 aliphatic heterocycles. The molecule has 7 nitrogen and oxygen atoms in total. The van der Waals surface area contributed by atoms with E-state index in [0.717, 1.165) is 0 Å². The van der Waals surface area contributed by atoms with Crippen LogP contribution in [0.1, 0.15) is 11.1 Å². The standard InChI is InChI=1S/C11H6F6O7S2/c12-10(13,14)25(19,20)23-8-1-2-9(7-4-5(18)3-6(7)8)24-26(21,22)11(15,16)17/h1-2H,3-4H2. The average Bonchev–Trinajstić information content (AvgIpc) is 2.81. The molecule has 26 heavy (non-hydrogen) atoms. The van der Waals surface area contributed by atoms with E-state index in [4.69, 9.17) is 0 Å². The maximum Gasteiger partial charge on any atom is 0.534 e. The van der Waals surface area contributed by atoms with Crippen molar-refractivity contribution in [1.82, 2.24) is 0 Å². The summed E-state index contributed by atoms with van der Waals surface area (Å²) in [5.74, 6) is -2.67. The van der Waals surface area contributed by atoms with E-state index in [1.807, 2.05) is 0 Å². The zero-order chi connectivity index (χ0) is 20.1. The molecule has 0 atom stereocenters. The van der Waals surface area contributed by atoms with Crippen LogP contribution in [0.15, 0.2) is 12.1 Å². The van der Waals surface area contributed by atoms with Crippen LogP contribution in [0.3, 0.4) is 0 Å². The van der Waals surface area contributed by atoms with Gasteiger partial charge in [0.25, 0.3) is 0 Å². The van der Waals surface area contributed by atoms with Gasteiger partial charge in [-0.25, -0.2) is 0 Å². The van der Waals surface area contributed by atoms with Gasteiger partial charge in [0.1, 0.15) is 17.3 Å². The second kappa shape index (κ2) is 6.00. The first-order valence-corrected chi connectivity index (χ1v) is 9.05. The van der Waals surface area contributed by atoms with Crippen LogP contribution in [0, 0.1) is 0 Å². The van der Waals surface area contributed by atoms with E-state index in [-0.39, 0.29) is 0 Å². The SMILES string of the molecule is O=C1Cc2c(OS(=O)(=O)C(F)(F)F)ccc(OS(=O)(=O)C(F)(F)F)c2C1. The zero-order valence-electron chi connectivity index (χ0n) is 12.0.